The highest BCUT2D eigenvalue weighted by atomic mass is 28.3. The third-order valence-corrected chi connectivity index (χ3v) is 15.4. The van der Waals surface area contributed by atoms with E-state index in [0.717, 1.165) is 0 Å². The smallest absolute Gasteiger partial charge is 0.200 e. The van der Waals surface area contributed by atoms with Crippen molar-refractivity contribution in [2.24, 2.45) is 7.05 Å². The SMILES string of the molecule is Cc1ccc(C(C)C)cc1-c1c2ccc([Si](C)(C(C)(C)C)C(C)(C)C)cc2cc[n+]1C. The van der Waals surface area contributed by atoms with Crippen LogP contribution in [-0.2, 0) is 7.05 Å². The van der Waals surface area contributed by atoms with Gasteiger partial charge in [-0.2, -0.15) is 0 Å². The van der Waals surface area contributed by atoms with E-state index in [2.05, 4.69) is 129 Å². The quantitative estimate of drug-likeness (QED) is 0.295. The maximum absolute atomic E-state index is 2.58. The van der Waals surface area contributed by atoms with E-state index in [1.165, 1.54) is 33.2 Å². The van der Waals surface area contributed by atoms with Crippen LogP contribution in [0, 0.1) is 6.92 Å². The van der Waals surface area contributed by atoms with Crippen LogP contribution in [-0.4, -0.2) is 8.07 Å². The van der Waals surface area contributed by atoms with Gasteiger partial charge in [-0.05, 0) is 51.6 Å². The lowest BCUT2D eigenvalue weighted by Crippen LogP contribution is -2.58. The van der Waals surface area contributed by atoms with Crippen LogP contribution in [0.1, 0.15) is 72.4 Å². The number of rotatable bonds is 3. The molecule has 0 unspecified atom stereocenters. The highest BCUT2D eigenvalue weighted by Crippen LogP contribution is 2.50. The first-order valence-corrected chi connectivity index (χ1v) is 14.2. The van der Waals surface area contributed by atoms with Gasteiger partial charge in [-0.1, -0.05) is 91.4 Å². The van der Waals surface area contributed by atoms with Crippen LogP contribution in [0.25, 0.3) is 22.0 Å². The summed E-state index contributed by atoms with van der Waals surface area (Å²) in [4.78, 5) is 0. The molecule has 1 nitrogen and oxygen atoms in total. The highest BCUT2D eigenvalue weighted by Gasteiger charge is 2.50. The molecule has 166 valence electrons. The van der Waals surface area contributed by atoms with Crippen LogP contribution >= 0.6 is 0 Å². The van der Waals surface area contributed by atoms with Gasteiger partial charge in [0.15, 0.2) is 6.20 Å². The standard InChI is InChI=1S/C29H42NSi/c1-20(2)22-13-12-21(3)26(19-22)27-25-15-14-24(18-23(25)16-17-30(27)10)31(11,28(4,5)6)29(7,8)9/h12-20H,1-11H3/q+1. The third kappa shape index (κ3) is 4.00. The van der Waals surface area contributed by atoms with Crippen molar-refractivity contribution >= 4 is 24.0 Å². The molecule has 0 aliphatic heterocycles. The Labute approximate surface area is 191 Å². The summed E-state index contributed by atoms with van der Waals surface area (Å²) in [5.74, 6) is 0.525. The van der Waals surface area contributed by atoms with Crippen molar-refractivity contribution in [1.82, 2.24) is 0 Å². The molecule has 0 atom stereocenters. The molecule has 0 saturated carbocycles. The number of fused-ring (bicyclic) bond motifs is 1. The molecule has 0 aliphatic carbocycles. The molecule has 0 N–H and O–H groups in total. The maximum Gasteiger partial charge on any atom is 0.220 e. The lowest BCUT2D eigenvalue weighted by atomic mass is 9.94. The molecule has 0 fully saturated rings. The van der Waals surface area contributed by atoms with Gasteiger partial charge < -0.3 is 0 Å². The number of aryl methyl sites for hydroxylation is 2. The fourth-order valence-electron chi connectivity index (χ4n) is 5.26. The Morgan fingerprint density at radius 3 is 2.00 bits per heavy atom. The van der Waals surface area contributed by atoms with Crippen LogP contribution < -0.4 is 9.75 Å². The van der Waals surface area contributed by atoms with E-state index in [9.17, 15) is 0 Å². The molecule has 3 aromatic rings. The van der Waals surface area contributed by atoms with Gasteiger partial charge in [0.05, 0.1) is 13.5 Å². The van der Waals surface area contributed by atoms with E-state index in [4.69, 9.17) is 0 Å². The van der Waals surface area contributed by atoms with E-state index in [1.807, 2.05) is 0 Å². The molecular formula is C29H42NSi+. The first kappa shape index (κ1) is 23.7. The average Bonchev–Trinajstić information content (AvgIpc) is 2.65. The summed E-state index contributed by atoms with van der Waals surface area (Å²) in [7, 11) is 0.376. The largest absolute Gasteiger partial charge is 0.220 e. The van der Waals surface area contributed by atoms with Gasteiger partial charge >= 0.3 is 0 Å². The Kier molecular flexibility index (Phi) is 6.03. The van der Waals surface area contributed by atoms with Gasteiger partial charge in [-0.15, -0.1) is 0 Å². The second-order valence-electron chi connectivity index (χ2n) is 11.9. The van der Waals surface area contributed by atoms with Crippen molar-refractivity contribution in [3.63, 3.8) is 0 Å². The summed E-state index contributed by atoms with van der Waals surface area (Å²) < 4.78 is 2.29. The number of aromatic nitrogens is 1. The molecule has 31 heavy (non-hydrogen) atoms. The lowest BCUT2D eigenvalue weighted by Gasteiger charge is -2.50. The normalized spacial score (nSPS) is 13.3. The molecule has 0 amide bonds. The molecule has 1 heterocycles. The number of nitrogens with zero attached hydrogens (tertiary/aromatic N) is 1. The average molecular weight is 433 g/mol. The Morgan fingerprint density at radius 1 is 0.839 bits per heavy atom. The molecule has 0 bridgehead atoms. The van der Waals surface area contributed by atoms with Gasteiger partial charge in [0.2, 0.25) is 5.69 Å². The Morgan fingerprint density at radius 2 is 1.45 bits per heavy atom. The monoisotopic (exact) mass is 432 g/mol. The maximum atomic E-state index is 2.58. The zero-order valence-corrected chi connectivity index (χ0v) is 22.6. The van der Waals surface area contributed by atoms with Crippen LogP contribution in [0.2, 0.25) is 16.6 Å². The summed E-state index contributed by atoms with van der Waals surface area (Å²) in [6.07, 6.45) is 2.23. The molecule has 0 aliphatic rings. The number of pyridine rings is 1. The summed E-state index contributed by atoms with van der Waals surface area (Å²) in [6.45, 7) is 24.0. The first-order valence-electron chi connectivity index (χ1n) is 11.7. The highest BCUT2D eigenvalue weighted by molar-refractivity contribution is 6.95. The zero-order valence-electron chi connectivity index (χ0n) is 21.6. The van der Waals surface area contributed by atoms with Crippen LogP contribution in [0.5, 0.6) is 0 Å². The zero-order chi connectivity index (χ0) is 23.4. The second kappa shape index (κ2) is 7.88. The van der Waals surface area contributed by atoms with E-state index in [1.54, 1.807) is 5.19 Å². The Balaban J connectivity index is 2.30. The van der Waals surface area contributed by atoms with Crippen LogP contribution in [0.4, 0.5) is 0 Å². The van der Waals surface area contributed by atoms with E-state index in [0.29, 0.717) is 5.92 Å². The van der Waals surface area contributed by atoms with Crippen molar-refractivity contribution in [2.45, 2.75) is 84.9 Å². The molecule has 0 saturated heterocycles. The van der Waals surface area contributed by atoms with Crippen molar-refractivity contribution in [3.05, 3.63) is 59.8 Å². The topological polar surface area (TPSA) is 3.88 Å². The van der Waals surface area contributed by atoms with Gasteiger partial charge in [-0.3, -0.25) is 0 Å². The summed E-state index contributed by atoms with van der Waals surface area (Å²) in [5, 5.41) is 4.82. The minimum absolute atomic E-state index is 0.281. The van der Waals surface area contributed by atoms with Crippen molar-refractivity contribution in [2.75, 3.05) is 0 Å². The van der Waals surface area contributed by atoms with Crippen LogP contribution in [0.15, 0.2) is 48.7 Å². The minimum Gasteiger partial charge on any atom is -0.200 e. The summed E-state index contributed by atoms with van der Waals surface area (Å²) >= 11 is 0. The van der Waals surface area contributed by atoms with E-state index < -0.39 is 8.07 Å². The van der Waals surface area contributed by atoms with Crippen molar-refractivity contribution in [3.8, 4) is 11.3 Å². The predicted molar refractivity (Wildman–Crippen MR) is 140 cm³/mol. The van der Waals surface area contributed by atoms with Gasteiger partial charge in [0.25, 0.3) is 0 Å². The van der Waals surface area contributed by atoms with E-state index >= 15 is 0 Å². The van der Waals surface area contributed by atoms with Crippen molar-refractivity contribution in [1.29, 1.82) is 0 Å². The molecule has 2 heteroatoms. The molecule has 3 rings (SSSR count). The van der Waals surface area contributed by atoms with Gasteiger partial charge in [0.1, 0.15) is 7.05 Å². The van der Waals surface area contributed by atoms with E-state index in [-0.39, 0.29) is 10.1 Å². The summed E-state index contributed by atoms with van der Waals surface area (Å²) in [5.41, 5.74) is 5.40. The molecule has 0 spiro atoms. The van der Waals surface area contributed by atoms with Gasteiger partial charge in [0, 0.05) is 11.6 Å². The molecule has 0 radical (unpaired) electrons. The molecule has 2 aromatic carbocycles. The fraction of sp³-hybridized carbons (Fsp3) is 0.483. The van der Waals surface area contributed by atoms with Crippen molar-refractivity contribution < 1.29 is 4.57 Å². The Bertz CT molecular complexity index is 1100. The predicted octanol–water partition coefficient (Wildman–Crippen LogP) is 7.65. The van der Waals surface area contributed by atoms with Crippen LogP contribution in [0.3, 0.4) is 0 Å². The van der Waals surface area contributed by atoms with Gasteiger partial charge in [-0.25, -0.2) is 4.57 Å². The fourth-order valence-corrected chi connectivity index (χ4v) is 10.1. The molecule has 1 aromatic heterocycles. The second-order valence-corrected chi connectivity index (χ2v) is 17.8. The number of hydrogen-bond acceptors (Lipinski definition) is 0. The molecular weight excluding hydrogens is 390 g/mol. The third-order valence-electron chi connectivity index (χ3n) is 7.90. The number of hydrogen-bond donors (Lipinski definition) is 0. The summed E-state index contributed by atoms with van der Waals surface area (Å²) in [6, 6.07) is 16.6. The number of benzene rings is 2. The minimum atomic E-state index is -1.80. The lowest BCUT2D eigenvalue weighted by molar-refractivity contribution is -0.659. The Hall–Kier alpha value is -1.93. The first-order chi connectivity index (χ1) is 14.2.